The van der Waals surface area contributed by atoms with E-state index in [1.54, 1.807) is 0 Å². The minimum absolute atomic E-state index is 0.988. The van der Waals surface area contributed by atoms with Crippen molar-refractivity contribution in [1.82, 2.24) is 4.90 Å². The number of fused-ring (bicyclic) bond motifs is 1. The van der Waals surface area contributed by atoms with E-state index >= 15 is 0 Å². The fourth-order valence-corrected chi connectivity index (χ4v) is 2.38. The molecular weight excluding hydrogens is 146 g/mol. The molecule has 0 amide bonds. The van der Waals surface area contributed by atoms with E-state index in [1.807, 2.05) is 13.8 Å². The molecule has 2 aliphatic heterocycles. The lowest BCUT2D eigenvalue weighted by molar-refractivity contribution is 0.109. The van der Waals surface area contributed by atoms with Gasteiger partial charge in [0.2, 0.25) is 0 Å². The summed E-state index contributed by atoms with van der Waals surface area (Å²) < 4.78 is 0. The number of hydrogen-bond donors (Lipinski definition) is 0. The molecule has 12 heavy (non-hydrogen) atoms. The van der Waals surface area contributed by atoms with Crippen LogP contribution in [-0.2, 0) is 0 Å². The van der Waals surface area contributed by atoms with E-state index in [0.29, 0.717) is 0 Å². The summed E-state index contributed by atoms with van der Waals surface area (Å²) in [5, 5.41) is 0. The highest BCUT2D eigenvalue weighted by Crippen LogP contribution is 2.25. The minimum Gasteiger partial charge on any atom is -0.300 e. The van der Waals surface area contributed by atoms with Gasteiger partial charge in [-0.25, -0.2) is 0 Å². The van der Waals surface area contributed by atoms with Crippen LogP contribution in [0.3, 0.4) is 0 Å². The molecule has 0 aromatic carbocycles. The van der Waals surface area contributed by atoms with Gasteiger partial charge in [-0.3, -0.25) is 0 Å². The summed E-state index contributed by atoms with van der Waals surface area (Å²) in [7, 11) is 0. The first-order valence-electron chi connectivity index (χ1n) is 5.71. The molecule has 0 spiro atoms. The van der Waals surface area contributed by atoms with Crippen LogP contribution < -0.4 is 0 Å². The molecule has 72 valence electrons. The highest BCUT2D eigenvalue weighted by atomic mass is 15.2. The number of nitrogens with zero attached hydrogens (tertiary/aromatic N) is 1. The van der Waals surface area contributed by atoms with Crippen molar-refractivity contribution in [2.24, 2.45) is 0 Å². The van der Waals surface area contributed by atoms with E-state index in [4.69, 9.17) is 0 Å². The van der Waals surface area contributed by atoms with Crippen LogP contribution in [0.2, 0.25) is 0 Å². The van der Waals surface area contributed by atoms with Crippen molar-refractivity contribution in [3.8, 4) is 0 Å². The molecule has 2 heterocycles. The maximum absolute atomic E-state index is 2.70. The van der Waals surface area contributed by atoms with Gasteiger partial charge in [0, 0.05) is 6.04 Å². The maximum Gasteiger partial charge on any atom is 0.00952 e. The highest BCUT2D eigenvalue weighted by Gasteiger charge is 2.24. The molecule has 0 N–H and O–H groups in total. The molecule has 2 saturated heterocycles. The molecule has 0 unspecified atom stereocenters. The van der Waals surface area contributed by atoms with Crippen molar-refractivity contribution < 1.29 is 0 Å². The number of piperidine rings is 2. The quantitative estimate of drug-likeness (QED) is 0.539. The van der Waals surface area contributed by atoms with Gasteiger partial charge in [-0.1, -0.05) is 26.7 Å². The fourth-order valence-electron chi connectivity index (χ4n) is 2.38. The van der Waals surface area contributed by atoms with Crippen LogP contribution in [0.25, 0.3) is 0 Å². The van der Waals surface area contributed by atoms with Gasteiger partial charge in [-0.05, 0) is 38.8 Å². The Kier molecular flexibility index (Phi) is 4.67. The van der Waals surface area contributed by atoms with E-state index in [2.05, 4.69) is 4.90 Å². The summed E-state index contributed by atoms with van der Waals surface area (Å²) >= 11 is 0. The van der Waals surface area contributed by atoms with E-state index in [0.717, 1.165) is 6.04 Å². The van der Waals surface area contributed by atoms with Crippen LogP contribution in [0.5, 0.6) is 0 Å². The summed E-state index contributed by atoms with van der Waals surface area (Å²) in [5.41, 5.74) is 0. The highest BCUT2D eigenvalue weighted by molar-refractivity contribution is 4.80. The van der Waals surface area contributed by atoms with E-state index < -0.39 is 0 Å². The van der Waals surface area contributed by atoms with E-state index in [1.165, 1.54) is 51.6 Å². The van der Waals surface area contributed by atoms with Crippen LogP contribution in [0.1, 0.15) is 52.4 Å². The van der Waals surface area contributed by atoms with Crippen LogP contribution in [0, 0.1) is 0 Å². The Hall–Kier alpha value is -0.0400. The Morgan fingerprint density at radius 2 is 1.33 bits per heavy atom. The Balaban J connectivity index is 0.000000336. The molecule has 0 aromatic rings. The summed E-state index contributed by atoms with van der Waals surface area (Å²) in [6.07, 6.45) is 8.86. The summed E-state index contributed by atoms with van der Waals surface area (Å²) in [6.45, 7) is 6.79. The predicted molar refractivity (Wildman–Crippen MR) is 54.4 cm³/mol. The second-order valence-electron chi connectivity index (χ2n) is 3.68. The van der Waals surface area contributed by atoms with Crippen LogP contribution in [0.15, 0.2) is 0 Å². The second-order valence-corrected chi connectivity index (χ2v) is 3.68. The van der Waals surface area contributed by atoms with Gasteiger partial charge in [0.15, 0.2) is 0 Å². The Bertz CT molecular complexity index is 85.6. The van der Waals surface area contributed by atoms with Gasteiger partial charge in [-0.2, -0.15) is 0 Å². The molecule has 1 nitrogen and oxygen atoms in total. The SMILES string of the molecule is C1CCN2CCCCC2C1.CC. The summed E-state index contributed by atoms with van der Waals surface area (Å²) in [4.78, 5) is 2.70. The lowest BCUT2D eigenvalue weighted by atomic mass is 9.93. The third kappa shape index (κ3) is 2.48. The van der Waals surface area contributed by atoms with Gasteiger partial charge < -0.3 is 4.90 Å². The molecule has 2 rings (SSSR count). The fraction of sp³-hybridized carbons (Fsp3) is 1.00. The smallest absolute Gasteiger partial charge is 0.00952 e. The van der Waals surface area contributed by atoms with E-state index in [-0.39, 0.29) is 0 Å². The van der Waals surface area contributed by atoms with E-state index in [9.17, 15) is 0 Å². The lowest BCUT2D eigenvalue weighted by Crippen LogP contribution is -2.42. The van der Waals surface area contributed by atoms with Crippen LogP contribution >= 0.6 is 0 Å². The van der Waals surface area contributed by atoms with Crippen LogP contribution in [-0.4, -0.2) is 24.0 Å². The largest absolute Gasteiger partial charge is 0.300 e. The van der Waals surface area contributed by atoms with Crippen molar-refractivity contribution in [2.75, 3.05) is 13.1 Å². The first-order chi connectivity index (χ1) is 5.97. The van der Waals surface area contributed by atoms with Crippen molar-refractivity contribution in [3.63, 3.8) is 0 Å². The normalized spacial score (nSPS) is 25.5. The third-order valence-corrected chi connectivity index (χ3v) is 2.98. The first kappa shape index (κ1) is 10.0. The molecule has 0 atom stereocenters. The van der Waals surface area contributed by atoms with Crippen molar-refractivity contribution in [1.29, 1.82) is 0 Å². The summed E-state index contributed by atoms with van der Waals surface area (Å²) in [5.74, 6) is 0. The molecule has 0 aromatic heterocycles. The van der Waals surface area contributed by atoms with Crippen LogP contribution in [0.4, 0.5) is 0 Å². The average molecular weight is 169 g/mol. The Morgan fingerprint density at radius 3 is 1.75 bits per heavy atom. The lowest BCUT2D eigenvalue weighted by Gasteiger charge is -2.39. The number of hydrogen-bond acceptors (Lipinski definition) is 1. The zero-order valence-corrected chi connectivity index (χ0v) is 8.68. The predicted octanol–water partition coefficient (Wildman–Crippen LogP) is 3.05. The van der Waals surface area contributed by atoms with Gasteiger partial charge in [0.1, 0.15) is 0 Å². The monoisotopic (exact) mass is 169 g/mol. The number of rotatable bonds is 0. The van der Waals surface area contributed by atoms with Gasteiger partial charge in [0.25, 0.3) is 0 Å². The molecule has 0 saturated carbocycles. The van der Waals surface area contributed by atoms with Gasteiger partial charge >= 0.3 is 0 Å². The second kappa shape index (κ2) is 5.58. The Morgan fingerprint density at radius 1 is 0.833 bits per heavy atom. The molecule has 1 heteroatoms. The Labute approximate surface area is 77.1 Å². The van der Waals surface area contributed by atoms with Crippen molar-refractivity contribution in [3.05, 3.63) is 0 Å². The first-order valence-corrected chi connectivity index (χ1v) is 5.71. The average Bonchev–Trinajstić information content (AvgIpc) is 2.21. The third-order valence-electron chi connectivity index (χ3n) is 2.98. The standard InChI is InChI=1S/C9H17N.C2H6/c1-3-7-10-8-4-2-6-9(10)5-1;1-2/h9H,1-8H2;1-2H3. The molecule has 2 aliphatic rings. The zero-order valence-electron chi connectivity index (χ0n) is 8.68. The molecule has 0 radical (unpaired) electrons. The van der Waals surface area contributed by atoms with Crippen molar-refractivity contribution >= 4 is 0 Å². The van der Waals surface area contributed by atoms with Gasteiger partial charge in [-0.15, -0.1) is 0 Å². The zero-order chi connectivity index (χ0) is 8.81. The maximum atomic E-state index is 2.70. The minimum atomic E-state index is 0.988. The molecular formula is C11H23N. The van der Waals surface area contributed by atoms with Gasteiger partial charge in [0.05, 0.1) is 0 Å². The molecule has 0 bridgehead atoms. The topological polar surface area (TPSA) is 3.24 Å². The molecule has 2 fully saturated rings. The summed E-state index contributed by atoms with van der Waals surface area (Å²) in [6, 6.07) is 0.988. The molecule has 0 aliphatic carbocycles. The van der Waals surface area contributed by atoms with Crippen molar-refractivity contribution in [2.45, 2.75) is 58.4 Å².